The van der Waals surface area contributed by atoms with Gasteiger partial charge in [-0.3, -0.25) is 0 Å². The summed E-state index contributed by atoms with van der Waals surface area (Å²) in [5.74, 6) is 2.98. The Morgan fingerprint density at radius 1 is 1.70 bits per heavy atom. The second-order valence-corrected chi connectivity index (χ2v) is 6.61. The van der Waals surface area contributed by atoms with E-state index in [-0.39, 0.29) is 0 Å². The first-order valence-corrected chi connectivity index (χ1v) is 6.18. The molecule has 0 N–H and O–H groups in total. The Bertz CT molecular complexity index is 202. The Labute approximate surface area is 62.6 Å². The molecule has 0 radical (unpaired) electrons. The molecule has 2 unspecified atom stereocenters. The van der Waals surface area contributed by atoms with E-state index in [1.165, 1.54) is 0 Å². The minimum atomic E-state index is -1.80. The van der Waals surface area contributed by atoms with Gasteiger partial charge in [-0.25, -0.2) is 0 Å². The topological polar surface area (TPSA) is 17.1 Å². The van der Waals surface area contributed by atoms with E-state index in [9.17, 15) is 4.57 Å². The molecule has 0 spiro atoms. The number of rotatable bonds is 0. The predicted octanol–water partition coefficient (Wildman–Crippen LogP) is 2.02. The van der Waals surface area contributed by atoms with Crippen molar-refractivity contribution >= 4 is 7.14 Å². The Hall–Kier alpha value is -0.210. The molecule has 1 heterocycles. The zero-order chi connectivity index (χ0) is 7.61. The Morgan fingerprint density at radius 2 is 2.40 bits per heavy atom. The van der Waals surface area contributed by atoms with Gasteiger partial charge in [0.25, 0.3) is 0 Å². The van der Waals surface area contributed by atoms with Crippen molar-refractivity contribution in [3.63, 3.8) is 0 Å². The number of hydrogen-bond donors (Lipinski definition) is 0. The van der Waals surface area contributed by atoms with E-state index in [1.807, 2.05) is 6.66 Å². The molecule has 0 amide bonds. The van der Waals surface area contributed by atoms with Gasteiger partial charge in [-0.2, -0.15) is 0 Å². The van der Waals surface area contributed by atoms with E-state index in [0.29, 0.717) is 5.92 Å². The highest BCUT2D eigenvalue weighted by Gasteiger charge is 2.24. The summed E-state index contributed by atoms with van der Waals surface area (Å²) in [4.78, 5) is 0. The van der Waals surface area contributed by atoms with E-state index in [1.54, 1.807) is 0 Å². The lowest BCUT2D eigenvalue weighted by atomic mass is 10.1. The zero-order valence-corrected chi connectivity index (χ0v) is 7.23. The molecule has 1 aliphatic rings. The lowest BCUT2D eigenvalue weighted by Crippen LogP contribution is -2.12. The molecule has 0 aliphatic carbocycles. The highest BCUT2D eigenvalue weighted by molar-refractivity contribution is 7.63. The third-order valence-electron chi connectivity index (χ3n) is 2.03. The molecule has 0 aromatic carbocycles. The SMILES string of the molecule is C#CC1CCCP(C)(=O)C1. The van der Waals surface area contributed by atoms with E-state index >= 15 is 0 Å². The second-order valence-electron chi connectivity index (χ2n) is 3.21. The number of terminal acetylenes is 1. The molecular weight excluding hydrogens is 143 g/mol. The second kappa shape index (κ2) is 2.81. The largest absolute Gasteiger partial charge is 0.324 e. The van der Waals surface area contributed by atoms with Crippen molar-refractivity contribution in [3.05, 3.63) is 0 Å². The first-order valence-electron chi connectivity index (χ1n) is 3.66. The van der Waals surface area contributed by atoms with Crippen LogP contribution in [0.4, 0.5) is 0 Å². The third-order valence-corrected chi connectivity index (χ3v) is 4.50. The van der Waals surface area contributed by atoms with E-state index in [2.05, 4.69) is 5.92 Å². The highest BCUT2D eigenvalue weighted by atomic mass is 31.2. The summed E-state index contributed by atoms with van der Waals surface area (Å²) in [6.07, 6.45) is 9.08. The normalized spacial score (nSPS) is 40.6. The fraction of sp³-hybridized carbons (Fsp3) is 0.750. The molecule has 1 aliphatic heterocycles. The summed E-state index contributed by atoms with van der Waals surface area (Å²) in [7, 11) is -1.80. The van der Waals surface area contributed by atoms with Crippen LogP contribution in [0.25, 0.3) is 0 Å². The van der Waals surface area contributed by atoms with Gasteiger partial charge >= 0.3 is 0 Å². The maximum atomic E-state index is 11.5. The van der Waals surface area contributed by atoms with Gasteiger partial charge in [0.1, 0.15) is 0 Å². The van der Waals surface area contributed by atoms with Crippen LogP contribution in [-0.4, -0.2) is 19.0 Å². The molecule has 0 saturated carbocycles. The van der Waals surface area contributed by atoms with Gasteiger partial charge in [0.15, 0.2) is 0 Å². The molecule has 0 bridgehead atoms. The fourth-order valence-electron chi connectivity index (χ4n) is 1.46. The average Bonchev–Trinajstić information content (AvgIpc) is 1.86. The van der Waals surface area contributed by atoms with Crippen molar-refractivity contribution in [2.75, 3.05) is 19.0 Å². The number of hydrogen-bond acceptors (Lipinski definition) is 1. The van der Waals surface area contributed by atoms with Crippen molar-refractivity contribution in [1.82, 2.24) is 0 Å². The van der Waals surface area contributed by atoms with Crippen molar-refractivity contribution < 1.29 is 4.57 Å². The molecule has 56 valence electrons. The van der Waals surface area contributed by atoms with Crippen LogP contribution in [0.3, 0.4) is 0 Å². The molecule has 0 aromatic rings. The molecule has 1 nitrogen and oxygen atoms in total. The van der Waals surface area contributed by atoms with E-state index < -0.39 is 7.14 Å². The standard InChI is InChI=1S/C8H13OP/c1-3-8-5-4-6-10(2,9)7-8/h1,8H,4-7H2,2H3. The van der Waals surface area contributed by atoms with Gasteiger partial charge in [0.2, 0.25) is 0 Å². The molecule has 2 heteroatoms. The van der Waals surface area contributed by atoms with Crippen LogP contribution in [0, 0.1) is 18.3 Å². The van der Waals surface area contributed by atoms with Gasteiger partial charge in [-0.1, -0.05) is 0 Å². The first-order chi connectivity index (χ1) is 4.64. The van der Waals surface area contributed by atoms with Gasteiger partial charge in [0, 0.05) is 18.2 Å². The summed E-state index contributed by atoms with van der Waals surface area (Å²) in [5.41, 5.74) is 0. The summed E-state index contributed by atoms with van der Waals surface area (Å²) < 4.78 is 11.5. The van der Waals surface area contributed by atoms with Crippen LogP contribution >= 0.6 is 7.14 Å². The van der Waals surface area contributed by atoms with Crippen LogP contribution in [0.2, 0.25) is 0 Å². The predicted molar refractivity (Wildman–Crippen MR) is 44.8 cm³/mol. The van der Waals surface area contributed by atoms with Gasteiger partial charge in [-0.15, -0.1) is 12.3 Å². The van der Waals surface area contributed by atoms with Gasteiger partial charge < -0.3 is 4.57 Å². The maximum absolute atomic E-state index is 11.5. The summed E-state index contributed by atoms with van der Waals surface area (Å²) >= 11 is 0. The lowest BCUT2D eigenvalue weighted by molar-refractivity contribution is 0.544. The maximum Gasteiger partial charge on any atom is 0.0860 e. The Morgan fingerprint density at radius 3 is 2.80 bits per heavy atom. The third kappa shape index (κ3) is 1.89. The highest BCUT2D eigenvalue weighted by Crippen LogP contribution is 2.48. The molecule has 10 heavy (non-hydrogen) atoms. The van der Waals surface area contributed by atoms with Crippen LogP contribution in [-0.2, 0) is 4.57 Å². The lowest BCUT2D eigenvalue weighted by Gasteiger charge is -2.22. The molecule has 0 aromatic heterocycles. The molecule has 1 saturated heterocycles. The summed E-state index contributed by atoms with van der Waals surface area (Å²) in [6.45, 7) is 1.87. The molecular formula is C8H13OP. The smallest absolute Gasteiger partial charge is 0.0860 e. The summed E-state index contributed by atoms with van der Waals surface area (Å²) in [6, 6.07) is 0. The monoisotopic (exact) mass is 156 g/mol. The zero-order valence-electron chi connectivity index (χ0n) is 6.34. The quantitative estimate of drug-likeness (QED) is 0.387. The van der Waals surface area contributed by atoms with Gasteiger partial charge in [0.05, 0.1) is 7.14 Å². The average molecular weight is 156 g/mol. The van der Waals surface area contributed by atoms with Crippen molar-refractivity contribution in [3.8, 4) is 12.3 Å². The minimum absolute atomic E-state index is 0.296. The molecule has 1 fully saturated rings. The Balaban J connectivity index is 2.58. The van der Waals surface area contributed by atoms with Crippen molar-refractivity contribution in [1.29, 1.82) is 0 Å². The van der Waals surface area contributed by atoms with Crippen LogP contribution in [0.1, 0.15) is 12.8 Å². The van der Waals surface area contributed by atoms with Crippen molar-refractivity contribution in [2.24, 2.45) is 5.92 Å². The van der Waals surface area contributed by atoms with Crippen LogP contribution in [0.15, 0.2) is 0 Å². The fourth-order valence-corrected chi connectivity index (χ4v) is 3.71. The summed E-state index contributed by atoms with van der Waals surface area (Å²) in [5, 5.41) is 0. The van der Waals surface area contributed by atoms with Crippen LogP contribution < -0.4 is 0 Å². The minimum Gasteiger partial charge on any atom is -0.324 e. The van der Waals surface area contributed by atoms with E-state index in [0.717, 1.165) is 25.2 Å². The molecule has 1 rings (SSSR count). The Kier molecular flexibility index (Phi) is 2.21. The van der Waals surface area contributed by atoms with Crippen molar-refractivity contribution in [2.45, 2.75) is 12.8 Å². The molecule has 2 atom stereocenters. The van der Waals surface area contributed by atoms with E-state index in [4.69, 9.17) is 6.42 Å². The van der Waals surface area contributed by atoms with Crippen LogP contribution in [0.5, 0.6) is 0 Å². The van der Waals surface area contributed by atoms with Gasteiger partial charge in [-0.05, 0) is 19.5 Å². The first kappa shape index (κ1) is 7.89.